The van der Waals surface area contributed by atoms with Crippen molar-refractivity contribution >= 4 is 5.96 Å². The fraction of sp³-hybridized carbons (Fsp3) is 0.565. The molecule has 2 N–H and O–H groups in total. The molecule has 0 bridgehead atoms. The van der Waals surface area contributed by atoms with Gasteiger partial charge in [0.2, 0.25) is 0 Å². The van der Waals surface area contributed by atoms with Crippen LogP contribution in [0, 0.1) is 13.8 Å². The molecule has 0 amide bonds. The first-order valence-corrected chi connectivity index (χ1v) is 10.6. The van der Waals surface area contributed by atoms with E-state index in [9.17, 15) is 0 Å². The summed E-state index contributed by atoms with van der Waals surface area (Å²) < 4.78 is 7.17. The molecule has 1 unspecified atom stereocenters. The molecule has 6 nitrogen and oxygen atoms in total. The van der Waals surface area contributed by atoms with Crippen LogP contribution in [0.2, 0.25) is 0 Å². The fourth-order valence-electron chi connectivity index (χ4n) is 3.45. The molecule has 0 saturated heterocycles. The van der Waals surface area contributed by atoms with Crippen LogP contribution in [-0.4, -0.2) is 42.0 Å². The Bertz CT molecular complexity index is 779. The van der Waals surface area contributed by atoms with Crippen LogP contribution in [0.25, 0.3) is 0 Å². The third-order valence-electron chi connectivity index (χ3n) is 5.20. The van der Waals surface area contributed by atoms with Gasteiger partial charge in [0.05, 0.1) is 12.8 Å². The van der Waals surface area contributed by atoms with Gasteiger partial charge in [-0.15, -0.1) is 0 Å². The lowest BCUT2D eigenvalue weighted by molar-refractivity contribution is 0.414. The van der Waals surface area contributed by atoms with Crippen LogP contribution in [-0.2, 0) is 19.9 Å². The fourth-order valence-corrected chi connectivity index (χ4v) is 3.45. The first-order valence-electron chi connectivity index (χ1n) is 10.6. The Morgan fingerprint density at radius 3 is 2.52 bits per heavy atom. The number of unbranched alkanes of at least 4 members (excludes halogenated alkanes) is 1. The van der Waals surface area contributed by atoms with Crippen LogP contribution >= 0.6 is 0 Å². The third kappa shape index (κ3) is 7.11. The summed E-state index contributed by atoms with van der Waals surface area (Å²) in [6.45, 7) is 10.2. The summed E-state index contributed by atoms with van der Waals surface area (Å²) >= 11 is 0. The van der Waals surface area contributed by atoms with Gasteiger partial charge in [0.25, 0.3) is 0 Å². The van der Waals surface area contributed by atoms with Gasteiger partial charge < -0.3 is 15.4 Å². The normalized spacial score (nSPS) is 12.7. The van der Waals surface area contributed by atoms with E-state index >= 15 is 0 Å². The topological polar surface area (TPSA) is 63.5 Å². The standard InChI is InChI=1S/C23H37N5O/c1-7-24-23(26-17(2)16-22-18(3)27-28(5)19(22)4)25-15-9-8-10-20-11-13-21(29-6)14-12-20/h11-14,17H,7-10,15-16H2,1-6H3,(H2,24,25,26). The van der Waals surface area contributed by atoms with E-state index in [2.05, 4.69) is 55.6 Å². The molecule has 160 valence electrons. The van der Waals surface area contributed by atoms with Crippen LogP contribution in [0.15, 0.2) is 29.3 Å². The minimum atomic E-state index is 0.286. The summed E-state index contributed by atoms with van der Waals surface area (Å²) in [6.07, 6.45) is 4.20. The summed E-state index contributed by atoms with van der Waals surface area (Å²) in [6, 6.07) is 8.60. The van der Waals surface area contributed by atoms with Gasteiger partial charge in [-0.2, -0.15) is 5.10 Å². The lowest BCUT2D eigenvalue weighted by Gasteiger charge is -2.18. The van der Waals surface area contributed by atoms with E-state index in [0.717, 1.165) is 56.2 Å². The third-order valence-corrected chi connectivity index (χ3v) is 5.20. The number of nitrogens with one attached hydrogen (secondary N) is 2. The van der Waals surface area contributed by atoms with Crippen molar-refractivity contribution in [3.05, 3.63) is 46.8 Å². The summed E-state index contributed by atoms with van der Waals surface area (Å²) in [5.74, 6) is 1.80. The first-order chi connectivity index (χ1) is 13.9. The van der Waals surface area contributed by atoms with E-state index in [-0.39, 0.29) is 6.04 Å². The van der Waals surface area contributed by atoms with E-state index < -0.39 is 0 Å². The molecule has 1 aromatic carbocycles. The highest BCUT2D eigenvalue weighted by Crippen LogP contribution is 2.14. The maximum absolute atomic E-state index is 5.21. The minimum Gasteiger partial charge on any atom is -0.497 e. The minimum absolute atomic E-state index is 0.286. The zero-order valence-electron chi connectivity index (χ0n) is 18.9. The molecule has 0 saturated carbocycles. The van der Waals surface area contributed by atoms with Crippen molar-refractivity contribution in [2.24, 2.45) is 12.0 Å². The second-order valence-corrected chi connectivity index (χ2v) is 7.59. The largest absolute Gasteiger partial charge is 0.497 e. The van der Waals surface area contributed by atoms with Crippen molar-refractivity contribution in [2.75, 3.05) is 20.2 Å². The maximum Gasteiger partial charge on any atom is 0.191 e. The first kappa shape index (κ1) is 22.8. The smallest absolute Gasteiger partial charge is 0.191 e. The molecular weight excluding hydrogens is 362 g/mol. The number of ether oxygens (including phenoxy) is 1. The number of methoxy groups -OCH3 is 1. The quantitative estimate of drug-likeness (QED) is 0.364. The van der Waals surface area contributed by atoms with Gasteiger partial charge in [0.15, 0.2) is 5.96 Å². The van der Waals surface area contributed by atoms with Crippen molar-refractivity contribution in [1.29, 1.82) is 0 Å². The Morgan fingerprint density at radius 2 is 1.93 bits per heavy atom. The Kier molecular flexibility index (Phi) is 9.03. The molecule has 29 heavy (non-hydrogen) atoms. The van der Waals surface area contributed by atoms with E-state index in [1.807, 2.05) is 23.9 Å². The molecule has 6 heteroatoms. The molecule has 0 aliphatic rings. The van der Waals surface area contributed by atoms with E-state index in [4.69, 9.17) is 9.73 Å². The Labute approximate surface area is 175 Å². The SMILES string of the molecule is CCNC(=NCCCCc1ccc(OC)cc1)NC(C)Cc1c(C)nn(C)c1C. The molecule has 0 radical (unpaired) electrons. The van der Waals surface area contributed by atoms with Crippen LogP contribution in [0.1, 0.15) is 49.2 Å². The lowest BCUT2D eigenvalue weighted by Crippen LogP contribution is -2.43. The second kappa shape index (κ2) is 11.5. The van der Waals surface area contributed by atoms with E-state index in [1.165, 1.54) is 16.8 Å². The number of hydrogen-bond donors (Lipinski definition) is 2. The summed E-state index contributed by atoms with van der Waals surface area (Å²) in [5, 5.41) is 11.4. The van der Waals surface area contributed by atoms with Gasteiger partial charge in [-0.25, -0.2) is 0 Å². The molecule has 0 aliphatic carbocycles. The number of hydrogen-bond acceptors (Lipinski definition) is 3. The summed E-state index contributed by atoms with van der Waals surface area (Å²) in [7, 11) is 3.70. The van der Waals surface area contributed by atoms with Crippen molar-refractivity contribution in [2.45, 2.75) is 59.4 Å². The van der Waals surface area contributed by atoms with E-state index in [1.54, 1.807) is 7.11 Å². The van der Waals surface area contributed by atoms with Crippen LogP contribution in [0.5, 0.6) is 5.75 Å². The van der Waals surface area contributed by atoms with Gasteiger partial charge in [-0.1, -0.05) is 12.1 Å². The highest BCUT2D eigenvalue weighted by Gasteiger charge is 2.13. The number of aliphatic imine (C=N–C) groups is 1. The molecule has 1 heterocycles. The summed E-state index contributed by atoms with van der Waals surface area (Å²) in [5.41, 5.74) is 5.01. The predicted octanol–water partition coefficient (Wildman–Crippen LogP) is 3.55. The van der Waals surface area contributed by atoms with Gasteiger partial charge in [0, 0.05) is 31.9 Å². The van der Waals surface area contributed by atoms with Gasteiger partial charge in [0.1, 0.15) is 5.75 Å². The summed E-state index contributed by atoms with van der Waals surface area (Å²) in [4.78, 5) is 4.76. The van der Waals surface area contributed by atoms with Crippen molar-refractivity contribution < 1.29 is 4.74 Å². The molecule has 1 atom stereocenters. The molecule has 1 aromatic heterocycles. The molecular formula is C23H37N5O. The number of guanidine groups is 1. The van der Waals surface area contributed by atoms with Gasteiger partial charge in [-0.05, 0) is 76.6 Å². The van der Waals surface area contributed by atoms with Gasteiger partial charge in [-0.3, -0.25) is 9.67 Å². The van der Waals surface area contributed by atoms with Crippen LogP contribution < -0.4 is 15.4 Å². The molecule has 2 rings (SSSR count). The highest BCUT2D eigenvalue weighted by atomic mass is 16.5. The second-order valence-electron chi connectivity index (χ2n) is 7.59. The van der Waals surface area contributed by atoms with Crippen molar-refractivity contribution in [3.63, 3.8) is 0 Å². The van der Waals surface area contributed by atoms with Crippen molar-refractivity contribution in [1.82, 2.24) is 20.4 Å². The van der Waals surface area contributed by atoms with E-state index in [0.29, 0.717) is 0 Å². The average molecular weight is 400 g/mol. The monoisotopic (exact) mass is 399 g/mol. The van der Waals surface area contributed by atoms with Crippen LogP contribution in [0.4, 0.5) is 0 Å². The van der Waals surface area contributed by atoms with Crippen molar-refractivity contribution in [3.8, 4) is 5.75 Å². The molecule has 0 fully saturated rings. The number of nitrogens with zero attached hydrogens (tertiary/aromatic N) is 3. The zero-order valence-corrected chi connectivity index (χ0v) is 18.9. The Balaban J connectivity index is 1.80. The highest BCUT2D eigenvalue weighted by molar-refractivity contribution is 5.80. The predicted molar refractivity (Wildman–Crippen MR) is 121 cm³/mol. The molecule has 2 aromatic rings. The average Bonchev–Trinajstić information content (AvgIpc) is 2.94. The van der Waals surface area contributed by atoms with Crippen LogP contribution in [0.3, 0.4) is 0 Å². The Morgan fingerprint density at radius 1 is 1.21 bits per heavy atom. The number of aromatic nitrogens is 2. The Hall–Kier alpha value is -2.50. The van der Waals surface area contributed by atoms with Gasteiger partial charge >= 0.3 is 0 Å². The number of rotatable bonds is 10. The zero-order chi connectivity index (χ0) is 21.2. The number of benzene rings is 1. The number of aryl methyl sites for hydroxylation is 3. The molecule has 0 aliphatic heterocycles. The lowest BCUT2D eigenvalue weighted by atomic mass is 10.1. The molecule has 0 spiro atoms. The maximum atomic E-state index is 5.21.